The van der Waals surface area contributed by atoms with Crippen molar-refractivity contribution in [3.8, 4) is 0 Å². The summed E-state index contributed by atoms with van der Waals surface area (Å²) in [5.41, 5.74) is 5.61. The molecule has 3 unspecified atom stereocenters. The monoisotopic (exact) mass is 171 g/mol. The first-order valence-corrected chi connectivity index (χ1v) is 4.75. The van der Waals surface area contributed by atoms with E-state index < -0.39 is 0 Å². The number of Topliss-reactive ketones (excluding diaryl/α,β-unsaturated/α-hetero) is 1. The van der Waals surface area contributed by atoms with E-state index >= 15 is 0 Å². The Labute approximate surface area is 75.5 Å². The second kappa shape index (κ2) is 5.31. The van der Waals surface area contributed by atoms with Crippen LogP contribution in [0.4, 0.5) is 0 Å². The Balaban J connectivity index is 4.14. The third-order valence-corrected chi connectivity index (χ3v) is 3.00. The first-order chi connectivity index (χ1) is 5.54. The van der Waals surface area contributed by atoms with Gasteiger partial charge in [-0.05, 0) is 25.3 Å². The van der Waals surface area contributed by atoms with Gasteiger partial charge in [0.05, 0.1) is 0 Å². The predicted octanol–water partition coefficient (Wildman–Crippen LogP) is 1.83. The minimum atomic E-state index is 0.151. The van der Waals surface area contributed by atoms with E-state index in [0.29, 0.717) is 18.4 Å². The van der Waals surface area contributed by atoms with Gasteiger partial charge in [0.25, 0.3) is 0 Å². The molecule has 2 N–H and O–H groups in total. The minimum Gasteiger partial charge on any atom is -0.330 e. The molecule has 0 aliphatic heterocycles. The number of hydrogen-bond acceptors (Lipinski definition) is 2. The highest BCUT2D eigenvalue weighted by molar-refractivity contribution is 5.78. The molecule has 0 rings (SSSR count). The molecule has 0 aromatic carbocycles. The third kappa shape index (κ3) is 2.94. The van der Waals surface area contributed by atoms with Crippen molar-refractivity contribution in [3.05, 3.63) is 0 Å². The van der Waals surface area contributed by atoms with Crippen LogP contribution in [0.1, 0.15) is 34.1 Å². The van der Waals surface area contributed by atoms with Crippen LogP contribution in [0, 0.1) is 17.8 Å². The highest BCUT2D eigenvalue weighted by Crippen LogP contribution is 2.23. The van der Waals surface area contributed by atoms with Gasteiger partial charge in [-0.25, -0.2) is 0 Å². The van der Waals surface area contributed by atoms with Gasteiger partial charge in [0.15, 0.2) is 0 Å². The second-order valence-electron chi connectivity index (χ2n) is 3.66. The van der Waals surface area contributed by atoms with Crippen molar-refractivity contribution in [1.29, 1.82) is 0 Å². The number of rotatable bonds is 5. The lowest BCUT2D eigenvalue weighted by Crippen LogP contribution is -2.28. The summed E-state index contributed by atoms with van der Waals surface area (Å²) in [5, 5.41) is 0. The van der Waals surface area contributed by atoms with Gasteiger partial charge in [-0.2, -0.15) is 0 Å². The Kier molecular flexibility index (Phi) is 5.14. The molecule has 0 saturated heterocycles. The van der Waals surface area contributed by atoms with Gasteiger partial charge in [-0.1, -0.05) is 27.2 Å². The lowest BCUT2D eigenvalue weighted by Gasteiger charge is -2.25. The maximum absolute atomic E-state index is 11.1. The van der Waals surface area contributed by atoms with Crippen LogP contribution in [-0.2, 0) is 4.79 Å². The molecule has 72 valence electrons. The minimum absolute atomic E-state index is 0.151. The average Bonchev–Trinajstić information content (AvgIpc) is 2.05. The van der Waals surface area contributed by atoms with Gasteiger partial charge in [0, 0.05) is 5.92 Å². The van der Waals surface area contributed by atoms with Crippen LogP contribution in [0.25, 0.3) is 0 Å². The summed E-state index contributed by atoms with van der Waals surface area (Å²) in [4.78, 5) is 11.1. The lowest BCUT2D eigenvalue weighted by molar-refractivity contribution is -0.122. The summed E-state index contributed by atoms with van der Waals surface area (Å²) >= 11 is 0. The molecule has 0 aliphatic carbocycles. The zero-order valence-electron chi connectivity index (χ0n) is 8.63. The zero-order chi connectivity index (χ0) is 9.72. The van der Waals surface area contributed by atoms with Crippen LogP contribution in [0.2, 0.25) is 0 Å². The van der Waals surface area contributed by atoms with Crippen molar-refractivity contribution in [3.63, 3.8) is 0 Å². The summed E-state index contributed by atoms with van der Waals surface area (Å²) in [6, 6.07) is 0. The molecular weight excluding hydrogens is 150 g/mol. The number of ketones is 1. The molecule has 0 fully saturated rings. The van der Waals surface area contributed by atoms with Gasteiger partial charge in [-0.3, -0.25) is 4.79 Å². The fourth-order valence-corrected chi connectivity index (χ4v) is 1.53. The van der Waals surface area contributed by atoms with E-state index in [1.165, 1.54) is 0 Å². The predicted molar refractivity (Wildman–Crippen MR) is 51.8 cm³/mol. The second-order valence-corrected chi connectivity index (χ2v) is 3.66. The molecule has 0 heterocycles. The van der Waals surface area contributed by atoms with Crippen molar-refractivity contribution in [2.45, 2.75) is 34.1 Å². The summed E-state index contributed by atoms with van der Waals surface area (Å²) in [7, 11) is 0. The fraction of sp³-hybridized carbons (Fsp3) is 0.900. The Bertz CT molecular complexity index is 141. The first-order valence-electron chi connectivity index (χ1n) is 4.75. The van der Waals surface area contributed by atoms with E-state index in [0.717, 1.165) is 6.42 Å². The standard InChI is InChI=1S/C10H21NO/c1-5-10(6-11)8(3)7(2)9(4)12/h7-8,10H,5-6,11H2,1-4H3. The van der Waals surface area contributed by atoms with E-state index in [4.69, 9.17) is 5.73 Å². The van der Waals surface area contributed by atoms with Crippen LogP contribution in [0.5, 0.6) is 0 Å². The maximum Gasteiger partial charge on any atom is 0.132 e. The Hall–Kier alpha value is -0.370. The fourth-order valence-electron chi connectivity index (χ4n) is 1.53. The van der Waals surface area contributed by atoms with Crippen LogP contribution < -0.4 is 5.73 Å². The smallest absolute Gasteiger partial charge is 0.132 e. The average molecular weight is 171 g/mol. The van der Waals surface area contributed by atoms with Crippen LogP contribution in [-0.4, -0.2) is 12.3 Å². The lowest BCUT2D eigenvalue weighted by atomic mass is 9.81. The Morgan fingerprint density at radius 2 is 1.92 bits per heavy atom. The largest absolute Gasteiger partial charge is 0.330 e. The number of carbonyl (C=O) groups is 1. The molecule has 0 spiro atoms. The molecule has 0 aliphatic rings. The molecule has 0 amide bonds. The highest BCUT2D eigenvalue weighted by atomic mass is 16.1. The van der Waals surface area contributed by atoms with Crippen LogP contribution in [0.15, 0.2) is 0 Å². The van der Waals surface area contributed by atoms with Crippen molar-refractivity contribution >= 4 is 5.78 Å². The molecule has 0 aromatic heterocycles. The topological polar surface area (TPSA) is 43.1 Å². The van der Waals surface area contributed by atoms with Crippen molar-refractivity contribution in [1.82, 2.24) is 0 Å². The van der Waals surface area contributed by atoms with Crippen molar-refractivity contribution < 1.29 is 4.79 Å². The summed E-state index contributed by atoms with van der Waals surface area (Å²) in [6.45, 7) is 8.58. The highest BCUT2D eigenvalue weighted by Gasteiger charge is 2.22. The molecule has 0 bridgehead atoms. The first kappa shape index (κ1) is 11.6. The molecule has 3 atom stereocenters. The van der Waals surface area contributed by atoms with Gasteiger partial charge in [0.2, 0.25) is 0 Å². The zero-order valence-corrected chi connectivity index (χ0v) is 8.63. The van der Waals surface area contributed by atoms with E-state index in [2.05, 4.69) is 13.8 Å². The SMILES string of the molecule is CCC(CN)C(C)C(C)C(C)=O. The Morgan fingerprint density at radius 1 is 1.42 bits per heavy atom. The quantitative estimate of drug-likeness (QED) is 0.685. The molecular formula is C10H21NO. The van der Waals surface area contributed by atoms with E-state index in [-0.39, 0.29) is 11.7 Å². The number of nitrogens with two attached hydrogens (primary N) is 1. The Morgan fingerprint density at radius 3 is 2.17 bits per heavy atom. The molecule has 2 nitrogen and oxygen atoms in total. The molecule has 2 heteroatoms. The van der Waals surface area contributed by atoms with Crippen LogP contribution >= 0.6 is 0 Å². The van der Waals surface area contributed by atoms with Gasteiger partial charge < -0.3 is 5.73 Å². The molecule has 0 aromatic rings. The van der Waals surface area contributed by atoms with Gasteiger partial charge in [0.1, 0.15) is 5.78 Å². The van der Waals surface area contributed by atoms with Crippen molar-refractivity contribution in [2.24, 2.45) is 23.5 Å². The molecule has 0 radical (unpaired) electrons. The van der Waals surface area contributed by atoms with Gasteiger partial charge in [-0.15, -0.1) is 0 Å². The normalized spacial score (nSPS) is 18.4. The van der Waals surface area contributed by atoms with E-state index in [9.17, 15) is 4.79 Å². The van der Waals surface area contributed by atoms with Gasteiger partial charge >= 0.3 is 0 Å². The van der Waals surface area contributed by atoms with E-state index in [1.54, 1.807) is 6.92 Å². The molecule has 0 saturated carbocycles. The third-order valence-electron chi connectivity index (χ3n) is 3.00. The van der Waals surface area contributed by atoms with Crippen LogP contribution in [0.3, 0.4) is 0 Å². The van der Waals surface area contributed by atoms with E-state index in [1.807, 2.05) is 6.92 Å². The summed E-state index contributed by atoms with van der Waals surface area (Å²) < 4.78 is 0. The summed E-state index contributed by atoms with van der Waals surface area (Å²) in [5.74, 6) is 1.33. The molecule has 12 heavy (non-hydrogen) atoms. The van der Waals surface area contributed by atoms with Crippen molar-refractivity contribution in [2.75, 3.05) is 6.54 Å². The number of hydrogen-bond donors (Lipinski definition) is 1. The summed E-state index contributed by atoms with van der Waals surface area (Å²) in [6.07, 6.45) is 1.06. The maximum atomic E-state index is 11.1. The number of carbonyl (C=O) groups excluding carboxylic acids is 1.